The summed E-state index contributed by atoms with van der Waals surface area (Å²) in [5, 5.41) is 7.19. The largest absolute Gasteiger partial charge is 0.326 e. The fourth-order valence-corrected chi connectivity index (χ4v) is 2.36. The zero-order valence-electron chi connectivity index (χ0n) is 13.8. The first-order chi connectivity index (χ1) is 11.9. The van der Waals surface area contributed by atoms with Gasteiger partial charge in [0.2, 0.25) is 11.8 Å². The maximum absolute atomic E-state index is 11.9. The Hall–Kier alpha value is -2.37. The van der Waals surface area contributed by atoms with Crippen LogP contribution in [0.4, 0.5) is 5.69 Å². The Kier molecular flexibility index (Phi) is 6.56. The molecule has 0 aliphatic rings. The summed E-state index contributed by atoms with van der Waals surface area (Å²) < 4.78 is 0. The summed E-state index contributed by atoms with van der Waals surface area (Å²) in [5.41, 5.74) is 5.68. The molecule has 5 nitrogen and oxygen atoms in total. The predicted octanol–water partition coefficient (Wildman–Crippen LogP) is 4.09. The molecule has 0 heterocycles. The summed E-state index contributed by atoms with van der Waals surface area (Å²) in [5.74, 6) is -0.951. The Labute approximate surface area is 156 Å². The molecule has 0 saturated heterocycles. The summed E-state index contributed by atoms with van der Waals surface area (Å²) in [4.78, 5) is 23.7. The number of hydrazone groups is 1. The lowest BCUT2D eigenvalue weighted by molar-refractivity contribution is -0.126. The molecule has 2 N–H and O–H groups in total. The van der Waals surface area contributed by atoms with Crippen molar-refractivity contribution < 1.29 is 9.59 Å². The van der Waals surface area contributed by atoms with Crippen LogP contribution in [-0.4, -0.2) is 18.0 Å². The quantitative estimate of drug-likeness (QED) is 0.467. The van der Waals surface area contributed by atoms with Crippen molar-refractivity contribution in [2.24, 2.45) is 5.10 Å². The molecule has 2 rings (SSSR count). The number of rotatable bonds is 5. The number of hydrogen-bond acceptors (Lipinski definition) is 3. The molecule has 0 aromatic heterocycles. The van der Waals surface area contributed by atoms with E-state index in [4.69, 9.17) is 23.2 Å². The van der Waals surface area contributed by atoms with E-state index in [0.717, 1.165) is 11.1 Å². The number of nitrogens with one attached hydrogen (secondary N) is 2. The second-order valence-electron chi connectivity index (χ2n) is 5.46. The summed E-state index contributed by atoms with van der Waals surface area (Å²) in [6.07, 6.45) is 1.03. The molecule has 2 amide bonds. The Bertz CT molecular complexity index is 835. The van der Waals surface area contributed by atoms with E-state index < -0.39 is 11.8 Å². The van der Waals surface area contributed by atoms with Crippen molar-refractivity contribution in [3.63, 3.8) is 0 Å². The fraction of sp³-hybridized carbons (Fsp3) is 0.167. The normalized spacial score (nSPS) is 10.7. The van der Waals surface area contributed by atoms with Gasteiger partial charge in [0, 0.05) is 11.3 Å². The van der Waals surface area contributed by atoms with Crippen molar-refractivity contribution in [1.29, 1.82) is 0 Å². The van der Waals surface area contributed by atoms with Gasteiger partial charge in [0.25, 0.3) is 0 Å². The monoisotopic (exact) mass is 377 g/mol. The van der Waals surface area contributed by atoms with Crippen LogP contribution < -0.4 is 10.7 Å². The molecule has 0 fully saturated rings. The molecule has 2 aromatic rings. The lowest BCUT2D eigenvalue weighted by atomic mass is 10.1. The van der Waals surface area contributed by atoms with Gasteiger partial charge in [-0.3, -0.25) is 9.59 Å². The van der Waals surface area contributed by atoms with Crippen LogP contribution in [0.25, 0.3) is 0 Å². The van der Waals surface area contributed by atoms with Gasteiger partial charge in [-0.1, -0.05) is 41.4 Å². The molecule has 0 aliphatic carbocycles. The number of amides is 2. The van der Waals surface area contributed by atoms with Crippen LogP contribution in [0.2, 0.25) is 10.0 Å². The molecule has 0 bridgehead atoms. The van der Waals surface area contributed by atoms with Gasteiger partial charge < -0.3 is 5.32 Å². The van der Waals surface area contributed by atoms with E-state index in [1.165, 1.54) is 6.21 Å². The minimum atomic E-state index is -0.532. The first-order valence-corrected chi connectivity index (χ1v) is 8.25. The third kappa shape index (κ3) is 5.59. The van der Waals surface area contributed by atoms with E-state index in [-0.39, 0.29) is 6.42 Å². The number of aryl methyl sites for hydroxylation is 2. The molecule has 0 radical (unpaired) electrons. The third-order valence-electron chi connectivity index (χ3n) is 3.49. The van der Waals surface area contributed by atoms with E-state index in [1.807, 2.05) is 26.0 Å². The Morgan fingerprint density at radius 1 is 1.08 bits per heavy atom. The van der Waals surface area contributed by atoms with E-state index in [2.05, 4.69) is 15.8 Å². The van der Waals surface area contributed by atoms with Crippen LogP contribution in [0.3, 0.4) is 0 Å². The molecule has 0 spiro atoms. The number of halogens is 2. The van der Waals surface area contributed by atoms with E-state index in [0.29, 0.717) is 21.3 Å². The van der Waals surface area contributed by atoms with Crippen LogP contribution in [-0.2, 0) is 9.59 Å². The predicted molar refractivity (Wildman–Crippen MR) is 101 cm³/mol. The summed E-state index contributed by atoms with van der Waals surface area (Å²) in [6, 6.07) is 10.6. The molecule has 25 heavy (non-hydrogen) atoms. The van der Waals surface area contributed by atoms with Gasteiger partial charge in [-0.05, 0) is 43.2 Å². The number of hydrogen-bond donors (Lipinski definition) is 2. The number of nitrogens with zero attached hydrogens (tertiary/aromatic N) is 1. The van der Waals surface area contributed by atoms with Crippen LogP contribution in [0.1, 0.15) is 23.1 Å². The molecule has 0 atom stereocenters. The van der Waals surface area contributed by atoms with Crippen molar-refractivity contribution in [3.05, 3.63) is 63.1 Å². The molecule has 7 heteroatoms. The smallest absolute Gasteiger partial charge is 0.249 e. The Morgan fingerprint density at radius 2 is 1.84 bits per heavy atom. The highest BCUT2D eigenvalue weighted by atomic mass is 35.5. The summed E-state index contributed by atoms with van der Waals surface area (Å²) in [6.45, 7) is 3.94. The van der Waals surface area contributed by atoms with Crippen molar-refractivity contribution in [2.45, 2.75) is 20.3 Å². The molecular weight excluding hydrogens is 361 g/mol. The van der Waals surface area contributed by atoms with Crippen LogP contribution in [0.15, 0.2) is 41.5 Å². The second kappa shape index (κ2) is 8.65. The van der Waals surface area contributed by atoms with E-state index in [9.17, 15) is 9.59 Å². The molecular formula is C18H17Cl2N3O2. The maximum Gasteiger partial charge on any atom is 0.249 e. The van der Waals surface area contributed by atoms with E-state index in [1.54, 1.807) is 24.3 Å². The highest BCUT2D eigenvalue weighted by Crippen LogP contribution is 2.24. The first kappa shape index (κ1) is 19.0. The van der Waals surface area contributed by atoms with Crippen molar-refractivity contribution in [1.82, 2.24) is 5.43 Å². The lowest BCUT2D eigenvalue weighted by Gasteiger charge is -2.07. The van der Waals surface area contributed by atoms with E-state index >= 15 is 0 Å². The summed E-state index contributed by atoms with van der Waals surface area (Å²) in [7, 11) is 0. The second-order valence-corrected chi connectivity index (χ2v) is 6.25. The summed E-state index contributed by atoms with van der Waals surface area (Å²) >= 11 is 11.9. The van der Waals surface area contributed by atoms with Gasteiger partial charge in [0.05, 0.1) is 16.3 Å². The van der Waals surface area contributed by atoms with Gasteiger partial charge in [0.1, 0.15) is 6.42 Å². The average Bonchev–Trinajstić information content (AvgIpc) is 2.55. The Balaban J connectivity index is 1.87. The fourth-order valence-electron chi connectivity index (χ4n) is 2.00. The first-order valence-electron chi connectivity index (χ1n) is 7.50. The highest BCUT2D eigenvalue weighted by molar-refractivity contribution is 6.43. The zero-order chi connectivity index (χ0) is 18.4. The Morgan fingerprint density at radius 3 is 2.56 bits per heavy atom. The van der Waals surface area contributed by atoms with Gasteiger partial charge in [-0.25, -0.2) is 5.43 Å². The highest BCUT2D eigenvalue weighted by Gasteiger charge is 2.09. The SMILES string of the molecule is Cc1ccc(NC(=O)CC(=O)NN=Cc2cccc(Cl)c2Cl)cc1C. The number of carbonyl (C=O) groups is 2. The molecule has 0 saturated carbocycles. The van der Waals surface area contributed by atoms with Crippen LogP contribution >= 0.6 is 23.2 Å². The van der Waals surface area contributed by atoms with Crippen molar-refractivity contribution >= 4 is 46.9 Å². The third-order valence-corrected chi connectivity index (χ3v) is 4.32. The molecule has 0 unspecified atom stereocenters. The average molecular weight is 378 g/mol. The van der Waals surface area contributed by atoms with Gasteiger partial charge in [-0.2, -0.15) is 5.10 Å². The number of carbonyl (C=O) groups excluding carboxylic acids is 2. The number of benzene rings is 2. The molecule has 130 valence electrons. The zero-order valence-corrected chi connectivity index (χ0v) is 15.3. The van der Waals surface area contributed by atoms with Crippen LogP contribution in [0.5, 0.6) is 0 Å². The maximum atomic E-state index is 11.9. The van der Waals surface area contributed by atoms with Gasteiger partial charge >= 0.3 is 0 Å². The number of anilines is 1. The van der Waals surface area contributed by atoms with Crippen molar-refractivity contribution in [2.75, 3.05) is 5.32 Å². The van der Waals surface area contributed by atoms with Gasteiger partial charge in [-0.15, -0.1) is 0 Å². The molecule has 2 aromatic carbocycles. The van der Waals surface area contributed by atoms with Crippen LogP contribution in [0, 0.1) is 13.8 Å². The molecule has 0 aliphatic heterocycles. The minimum absolute atomic E-state index is 0.340. The minimum Gasteiger partial charge on any atom is -0.326 e. The van der Waals surface area contributed by atoms with Crippen molar-refractivity contribution in [3.8, 4) is 0 Å². The van der Waals surface area contributed by atoms with Gasteiger partial charge in [0.15, 0.2) is 0 Å². The standard InChI is InChI=1S/C18H17Cl2N3O2/c1-11-6-7-14(8-12(11)2)22-16(24)9-17(25)23-21-10-13-4-3-5-15(19)18(13)20/h3-8,10H,9H2,1-2H3,(H,22,24)(H,23,25). The topological polar surface area (TPSA) is 70.6 Å². The lowest BCUT2D eigenvalue weighted by Crippen LogP contribution is -2.24.